The van der Waals surface area contributed by atoms with Crippen molar-refractivity contribution in [1.82, 2.24) is 0 Å². The van der Waals surface area contributed by atoms with E-state index in [1.54, 1.807) is 0 Å². The highest BCUT2D eigenvalue weighted by Gasteiger charge is 2.19. The molecule has 0 aromatic rings. The zero-order valence-corrected chi connectivity index (χ0v) is 42.3. The summed E-state index contributed by atoms with van der Waals surface area (Å²) >= 11 is 0. The molecule has 0 saturated carbocycles. The van der Waals surface area contributed by atoms with Gasteiger partial charge in [0.25, 0.3) is 0 Å². The molecule has 0 aliphatic carbocycles. The third kappa shape index (κ3) is 50.1. The molecular formula is C58H102O6. The van der Waals surface area contributed by atoms with Crippen LogP contribution >= 0.6 is 0 Å². The molecule has 370 valence electrons. The van der Waals surface area contributed by atoms with Gasteiger partial charge in [0, 0.05) is 19.3 Å². The second-order valence-corrected chi connectivity index (χ2v) is 18.1. The van der Waals surface area contributed by atoms with Crippen molar-refractivity contribution in [2.45, 2.75) is 277 Å². The Morgan fingerprint density at radius 3 is 1.08 bits per heavy atom. The van der Waals surface area contributed by atoms with E-state index in [0.717, 1.165) is 89.9 Å². The van der Waals surface area contributed by atoms with Gasteiger partial charge in [-0.3, -0.25) is 14.4 Å². The van der Waals surface area contributed by atoms with Crippen LogP contribution in [-0.2, 0) is 28.6 Å². The Bertz CT molecular complexity index is 1170. The highest BCUT2D eigenvalue weighted by Crippen LogP contribution is 2.15. The molecule has 0 N–H and O–H groups in total. The van der Waals surface area contributed by atoms with Gasteiger partial charge in [0.1, 0.15) is 13.2 Å². The smallest absolute Gasteiger partial charge is 0.306 e. The molecule has 0 spiro atoms. The number of ether oxygens (including phenoxy) is 3. The minimum absolute atomic E-state index is 0.0786. The van der Waals surface area contributed by atoms with Gasteiger partial charge in [0.2, 0.25) is 0 Å². The van der Waals surface area contributed by atoms with E-state index in [-0.39, 0.29) is 31.1 Å². The number of esters is 3. The van der Waals surface area contributed by atoms with Crippen LogP contribution in [0.25, 0.3) is 0 Å². The monoisotopic (exact) mass is 895 g/mol. The maximum atomic E-state index is 12.8. The van der Waals surface area contributed by atoms with Crippen LogP contribution in [0.2, 0.25) is 0 Å². The minimum Gasteiger partial charge on any atom is -0.462 e. The van der Waals surface area contributed by atoms with Crippen LogP contribution in [0, 0.1) is 0 Å². The molecule has 0 bridgehead atoms. The summed E-state index contributed by atoms with van der Waals surface area (Å²) in [4.78, 5) is 38.0. The van der Waals surface area contributed by atoms with Gasteiger partial charge in [-0.2, -0.15) is 0 Å². The van der Waals surface area contributed by atoms with Crippen molar-refractivity contribution >= 4 is 17.9 Å². The number of hydrogen-bond donors (Lipinski definition) is 0. The minimum atomic E-state index is -0.780. The van der Waals surface area contributed by atoms with Crippen molar-refractivity contribution in [3.8, 4) is 0 Å². The molecule has 0 rings (SSSR count). The van der Waals surface area contributed by atoms with Crippen molar-refractivity contribution in [2.75, 3.05) is 13.2 Å². The van der Waals surface area contributed by atoms with Crippen molar-refractivity contribution in [1.29, 1.82) is 0 Å². The molecule has 0 aromatic heterocycles. The molecule has 64 heavy (non-hydrogen) atoms. The first-order chi connectivity index (χ1) is 31.5. The van der Waals surface area contributed by atoms with Crippen LogP contribution in [0.5, 0.6) is 0 Å². The van der Waals surface area contributed by atoms with E-state index in [2.05, 4.69) is 81.5 Å². The van der Waals surface area contributed by atoms with Gasteiger partial charge in [-0.15, -0.1) is 0 Å². The first kappa shape index (κ1) is 61.1. The third-order valence-electron chi connectivity index (χ3n) is 11.8. The van der Waals surface area contributed by atoms with E-state index < -0.39 is 6.10 Å². The van der Waals surface area contributed by atoms with Gasteiger partial charge in [-0.25, -0.2) is 0 Å². The van der Waals surface area contributed by atoms with Crippen molar-refractivity contribution < 1.29 is 28.6 Å². The predicted octanol–water partition coefficient (Wildman–Crippen LogP) is 18.0. The van der Waals surface area contributed by atoms with Gasteiger partial charge < -0.3 is 14.2 Å². The van der Waals surface area contributed by atoms with Crippen LogP contribution in [0.1, 0.15) is 271 Å². The number of carbonyl (C=O) groups excluding carboxylic acids is 3. The topological polar surface area (TPSA) is 78.9 Å². The van der Waals surface area contributed by atoms with E-state index in [0.29, 0.717) is 19.3 Å². The molecule has 0 saturated heterocycles. The maximum Gasteiger partial charge on any atom is 0.306 e. The lowest BCUT2D eigenvalue weighted by molar-refractivity contribution is -0.167. The molecule has 0 aromatic carbocycles. The molecule has 0 amide bonds. The molecule has 0 fully saturated rings. The van der Waals surface area contributed by atoms with Crippen LogP contribution in [-0.4, -0.2) is 37.2 Å². The first-order valence-corrected chi connectivity index (χ1v) is 27.3. The average Bonchev–Trinajstić information content (AvgIpc) is 3.29. The number of allylic oxidation sites excluding steroid dienone is 10. The summed E-state index contributed by atoms with van der Waals surface area (Å²) in [6, 6.07) is 0. The van der Waals surface area contributed by atoms with Crippen LogP contribution < -0.4 is 0 Å². The number of rotatable bonds is 49. The Morgan fingerprint density at radius 1 is 0.344 bits per heavy atom. The number of hydrogen-bond acceptors (Lipinski definition) is 6. The normalized spacial score (nSPS) is 12.5. The standard InChI is InChI=1S/C58H102O6/c1-4-7-10-13-16-19-22-24-26-28-29-30-32-33-36-39-42-45-48-51-57(60)63-54-55(53-62-56(59)50-47-44-41-38-35-21-18-15-12-9-6-3)64-58(61)52-49-46-43-40-37-34-31-27-25-23-20-17-14-11-8-5-2/h8,11,16-17,19-20,22,24-25,27,55H,4-7,9-10,12-15,18,21,23,26,28-54H2,1-3H3/b11-8-,19-16-,20-17-,24-22-,27-25-. The van der Waals surface area contributed by atoms with Crippen molar-refractivity contribution in [2.24, 2.45) is 0 Å². The fourth-order valence-corrected chi connectivity index (χ4v) is 7.68. The van der Waals surface area contributed by atoms with Crippen molar-refractivity contribution in [3.63, 3.8) is 0 Å². The Hall–Kier alpha value is -2.89. The second-order valence-electron chi connectivity index (χ2n) is 18.1. The fraction of sp³-hybridized carbons (Fsp3) is 0.776. The average molecular weight is 895 g/mol. The molecule has 1 unspecified atom stereocenters. The van der Waals surface area contributed by atoms with Crippen LogP contribution in [0.3, 0.4) is 0 Å². The van der Waals surface area contributed by atoms with E-state index in [9.17, 15) is 14.4 Å². The Labute approximate surface area is 396 Å². The highest BCUT2D eigenvalue weighted by atomic mass is 16.6. The molecule has 1 atom stereocenters. The lowest BCUT2D eigenvalue weighted by atomic mass is 10.1. The van der Waals surface area contributed by atoms with E-state index in [1.807, 2.05) is 0 Å². The molecule has 0 heterocycles. The third-order valence-corrected chi connectivity index (χ3v) is 11.8. The number of carbonyl (C=O) groups is 3. The molecule has 0 aliphatic rings. The highest BCUT2D eigenvalue weighted by molar-refractivity contribution is 5.71. The summed E-state index contributed by atoms with van der Waals surface area (Å²) in [5.41, 5.74) is 0. The predicted molar refractivity (Wildman–Crippen MR) is 275 cm³/mol. The zero-order valence-electron chi connectivity index (χ0n) is 42.3. The van der Waals surface area contributed by atoms with Gasteiger partial charge >= 0.3 is 17.9 Å². The van der Waals surface area contributed by atoms with Crippen LogP contribution in [0.4, 0.5) is 0 Å². The van der Waals surface area contributed by atoms with Crippen molar-refractivity contribution in [3.05, 3.63) is 60.8 Å². The summed E-state index contributed by atoms with van der Waals surface area (Å²) in [7, 11) is 0. The zero-order chi connectivity index (χ0) is 46.5. The largest absolute Gasteiger partial charge is 0.462 e. The van der Waals surface area contributed by atoms with E-state index >= 15 is 0 Å². The second kappa shape index (κ2) is 52.7. The summed E-state index contributed by atoms with van der Waals surface area (Å²) < 4.78 is 16.8. The van der Waals surface area contributed by atoms with Gasteiger partial charge in [0.15, 0.2) is 6.10 Å². The molecule has 0 radical (unpaired) electrons. The molecule has 6 heteroatoms. The Morgan fingerprint density at radius 2 is 0.656 bits per heavy atom. The summed E-state index contributed by atoms with van der Waals surface area (Å²) in [5, 5.41) is 0. The number of unbranched alkanes of at least 4 members (excludes halogenated alkanes) is 29. The van der Waals surface area contributed by atoms with E-state index in [4.69, 9.17) is 14.2 Å². The quantitative estimate of drug-likeness (QED) is 0.0199. The maximum absolute atomic E-state index is 12.8. The van der Waals surface area contributed by atoms with Crippen LogP contribution in [0.15, 0.2) is 60.8 Å². The summed E-state index contributed by atoms with van der Waals surface area (Å²) in [5.74, 6) is -0.888. The SMILES string of the molecule is CC/C=C\C/C=C\C/C=C\CCCCCCCCC(=O)OC(COC(=O)CCCCCCCCCCCCC)COC(=O)CCCCCCCCCCCC/C=C\C=C/CCCCC. The Kier molecular flexibility index (Phi) is 50.4. The molecule has 6 nitrogen and oxygen atoms in total. The summed E-state index contributed by atoms with van der Waals surface area (Å²) in [6.07, 6.45) is 64.9. The fourth-order valence-electron chi connectivity index (χ4n) is 7.68. The Balaban J connectivity index is 4.34. The summed E-state index contributed by atoms with van der Waals surface area (Å²) in [6.45, 7) is 6.50. The molecular weight excluding hydrogens is 793 g/mol. The lowest BCUT2D eigenvalue weighted by Gasteiger charge is -2.18. The van der Waals surface area contributed by atoms with E-state index in [1.165, 1.54) is 141 Å². The van der Waals surface area contributed by atoms with Gasteiger partial charge in [-0.1, -0.05) is 236 Å². The lowest BCUT2D eigenvalue weighted by Crippen LogP contribution is -2.30. The van der Waals surface area contributed by atoms with Gasteiger partial charge in [-0.05, 0) is 77.0 Å². The van der Waals surface area contributed by atoms with Gasteiger partial charge in [0.05, 0.1) is 0 Å². The first-order valence-electron chi connectivity index (χ1n) is 27.3. The molecule has 0 aliphatic heterocycles.